The average Bonchev–Trinajstić information content (AvgIpc) is 2.84. The molecule has 22 heavy (non-hydrogen) atoms. The van der Waals surface area contributed by atoms with Gasteiger partial charge in [0.05, 0.1) is 11.6 Å². The lowest BCUT2D eigenvalue weighted by atomic mass is 10.2. The molecule has 1 aliphatic heterocycles. The molecule has 1 aromatic heterocycles. The van der Waals surface area contributed by atoms with Crippen molar-refractivity contribution in [3.63, 3.8) is 0 Å². The SMILES string of the molecule is CC(C)(C)OC(=O)N[C@@H]1CCN(C(=O)c2cccnc2Cl)C1. The van der Waals surface area contributed by atoms with Gasteiger partial charge in [0.15, 0.2) is 0 Å². The third kappa shape index (κ3) is 4.34. The Labute approximate surface area is 134 Å². The molecule has 0 radical (unpaired) electrons. The number of hydrogen-bond donors (Lipinski definition) is 1. The number of carbonyl (C=O) groups is 2. The lowest BCUT2D eigenvalue weighted by Crippen LogP contribution is -2.41. The molecule has 7 heteroatoms. The Morgan fingerprint density at radius 3 is 2.82 bits per heavy atom. The Balaban J connectivity index is 1.92. The fraction of sp³-hybridized carbons (Fsp3) is 0.533. The first-order valence-electron chi connectivity index (χ1n) is 7.15. The van der Waals surface area contributed by atoms with Crippen molar-refractivity contribution in [3.8, 4) is 0 Å². The highest BCUT2D eigenvalue weighted by Crippen LogP contribution is 2.18. The quantitative estimate of drug-likeness (QED) is 0.848. The minimum absolute atomic E-state index is 0.116. The van der Waals surface area contributed by atoms with Crippen molar-refractivity contribution in [1.29, 1.82) is 0 Å². The summed E-state index contributed by atoms with van der Waals surface area (Å²) in [7, 11) is 0. The van der Waals surface area contributed by atoms with E-state index in [0.29, 0.717) is 25.1 Å². The summed E-state index contributed by atoms with van der Waals surface area (Å²) in [6.07, 6.45) is 1.75. The van der Waals surface area contributed by atoms with Crippen LogP contribution in [0.15, 0.2) is 18.3 Å². The topological polar surface area (TPSA) is 71.5 Å². The van der Waals surface area contributed by atoms with Crippen molar-refractivity contribution in [2.24, 2.45) is 0 Å². The summed E-state index contributed by atoms with van der Waals surface area (Å²) in [5.74, 6) is -0.174. The smallest absolute Gasteiger partial charge is 0.407 e. The van der Waals surface area contributed by atoms with Gasteiger partial charge in [-0.3, -0.25) is 4.79 Å². The van der Waals surface area contributed by atoms with Crippen molar-refractivity contribution in [3.05, 3.63) is 29.0 Å². The van der Waals surface area contributed by atoms with E-state index in [1.807, 2.05) is 20.8 Å². The Bertz CT molecular complexity index is 571. The van der Waals surface area contributed by atoms with Crippen LogP contribution >= 0.6 is 11.6 Å². The maximum absolute atomic E-state index is 12.4. The molecule has 1 saturated heterocycles. The Hall–Kier alpha value is -1.82. The summed E-state index contributed by atoms with van der Waals surface area (Å²) in [5, 5.41) is 2.97. The van der Waals surface area contributed by atoms with Gasteiger partial charge in [0.1, 0.15) is 10.8 Å². The maximum Gasteiger partial charge on any atom is 0.407 e. The van der Waals surface area contributed by atoms with Crippen molar-refractivity contribution in [1.82, 2.24) is 15.2 Å². The Kier molecular flexibility index (Phi) is 4.90. The number of amides is 2. The van der Waals surface area contributed by atoms with Crippen molar-refractivity contribution in [2.45, 2.75) is 38.8 Å². The van der Waals surface area contributed by atoms with Crippen LogP contribution in [0.1, 0.15) is 37.6 Å². The van der Waals surface area contributed by atoms with Gasteiger partial charge >= 0.3 is 6.09 Å². The first-order chi connectivity index (χ1) is 10.3. The number of nitrogens with zero attached hydrogens (tertiary/aromatic N) is 2. The minimum atomic E-state index is -0.540. The van der Waals surface area contributed by atoms with Gasteiger partial charge < -0.3 is 15.0 Å². The van der Waals surface area contributed by atoms with E-state index in [-0.39, 0.29) is 17.1 Å². The maximum atomic E-state index is 12.4. The third-order valence-corrected chi connectivity index (χ3v) is 3.49. The number of nitrogens with one attached hydrogen (secondary N) is 1. The molecule has 1 fully saturated rings. The fourth-order valence-electron chi connectivity index (χ4n) is 2.25. The van der Waals surface area contributed by atoms with Crippen LogP contribution in [0.25, 0.3) is 0 Å². The van der Waals surface area contributed by atoms with Crippen LogP contribution in [0.3, 0.4) is 0 Å². The van der Waals surface area contributed by atoms with E-state index in [4.69, 9.17) is 16.3 Å². The number of hydrogen-bond acceptors (Lipinski definition) is 4. The molecule has 2 rings (SSSR count). The molecule has 0 bridgehead atoms. The molecule has 1 aromatic rings. The highest BCUT2D eigenvalue weighted by molar-refractivity contribution is 6.32. The van der Waals surface area contributed by atoms with Gasteiger partial charge in [0, 0.05) is 19.3 Å². The molecule has 120 valence electrons. The third-order valence-electron chi connectivity index (χ3n) is 3.19. The molecule has 2 heterocycles. The van der Waals surface area contributed by atoms with Gasteiger partial charge in [-0.2, -0.15) is 0 Å². The van der Waals surface area contributed by atoms with Gasteiger partial charge in [-0.1, -0.05) is 11.6 Å². The summed E-state index contributed by atoms with van der Waals surface area (Å²) in [6.45, 7) is 6.41. The molecular formula is C15H20ClN3O3. The van der Waals surface area contributed by atoms with Crippen LogP contribution in [0.5, 0.6) is 0 Å². The molecule has 0 spiro atoms. The van der Waals surface area contributed by atoms with E-state index < -0.39 is 11.7 Å². The molecule has 0 aromatic carbocycles. The fourth-order valence-corrected chi connectivity index (χ4v) is 2.45. The summed E-state index contributed by atoms with van der Waals surface area (Å²) in [6, 6.07) is 3.20. The van der Waals surface area contributed by atoms with E-state index in [1.54, 1.807) is 17.0 Å². The van der Waals surface area contributed by atoms with Crippen molar-refractivity contribution >= 4 is 23.6 Å². The Morgan fingerprint density at radius 2 is 2.18 bits per heavy atom. The van der Waals surface area contributed by atoms with Crippen LogP contribution in [-0.4, -0.2) is 46.6 Å². The van der Waals surface area contributed by atoms with Gasteiger partial charge in [0.2, 0.25) is 0 Å². The molecule has 0 saturated carbocycles. The molecule has 1 atom stereocenters. The lowest BCUT2D eigenvalue weighted by molar-refractivity contribution is 0.0502. The van der Waals surface area contributed by atoms with E-state index in [0.717, 1.165) is 0 Å². The zero-order valence-corrected chi connectivity index (χ0v) is 13.7. The highest BCUT2D eigenvalue weighted by Gasteiger charge is 2.30. The molecule has 6 nitrogen and oxygen atoms in total. The van der Waals surface area contributed by atoms with Gasteiger partial charge in [-0.05, 0) is 39.3 Å². The molecule has 0 unspecified atom stereocenters. The standard InChI is InChI=1S/C15H20ClN3O3/c1-15(2,3)22-14(21)18-10-6-8-19(9-10)13(20)11-5-4-7-17-12(11)16/h4-5,7,10H,6,8-9H2,1-3H3,(H,18,21)/t10-/m1/s1. The normalized spacial score (nSPS) is 18.2. The van der Waals surface area contributed by atoms with Gasteiger partial charge in [-0.15, -0.1) is 0 Å². The zero-order chi connectivity index (χ0) is 16.3. The number of rotatable bonds is 2. The van der Waals surface area contributed by atoms with Gasteiger partial charge in [0.25, 0.3) is 5.91 Å². The average molecular weight is 326 g/mol. The summed E-state index contributed by atoms with van der Waals surface area (Å²) < 4.78 is 5.21. The number of aromatic nitrogens is 1. The molecule has 2 amide bonds. The Morgan fingerprint density at radius 1 is 1.45 bits per heavy atom. The number of likely N-dealkylation sites (tertiary alicyclic amines) is 1. The first-order valence-corrected chi connectivity index (χ1v) is 7.53. The van der Waals surface area contributed by atoms with E-state index >= 15 is 0 Å². The number of ether oxygens (including phenoxy) is 1. The molecular weight excluding hydrogens is 306 g/mol. The number of alkyl carbamates (subject to hydrolysis) is 1. The second-order valence-electron chi connectivity index (χ2n) is 6.22. The first kappa shape index (κ1) is 16.5. The monoisotopic (exact) mass is 325 g/mol. The summed E-state index contributed by atoms with van der Waals surface area (Å²) in [5.41, 5.74) is -0.163. The lowest BCUT2D eigenvalue weighted by Gasteiger charge is -2.22. The van der Waals surface area contributed by atoms with Crippen LogP contribution in [0, 0.1) is 0 Å². The largest absolute Gasteiger partial charge is 0.444 e. The number of carbonyl (C=O) groups excluding carboxylic acids is 2. The van der Waals surface area contributed by atoms with E-state index in [1.165, 1.54) is 6.20 Å². The van der Waals surface area contributed by atoms with E-state index in [2.05, 4.69) is 10.3 Å². The summed E-state index contributed by atoms with van der Waals surface area (Å²) >= 11 is 5.94. The highest BCUT2D eigenvalue weighted by atomic mass is 35.5. The van der Waals surface area contributed by atoms with Crippen LogP contribution < -0.4 is 5.32 Å². The zero-order valence-electron chi connectivity index (χ0n) is 12.9. The molecule has 1 N–H and O–H groups in total. The predicted octanol–water partition coefficient (Wildman–Crippen LogP) is 2.47. The van der Waals surface area contributed by atoms with Gasteiger partial charge in [-0.25, -0.2) is 9.78 Å². The number of pyridine rings is 1. The van der Waals surface area contributed by atoms with Crippen LogP contribution in [0.4, 0.5) is 4.79 Å². The second-order valence-corrected chi connectivity index (χ2v) is 6.58. The second kappa shape index (κ2) is 6.52. The number of halogens is 1. The molecule has 1 aliphatic rings. The van der Waals surface area contributed by atoms with Crippen molar-refractivity contribution < 1.29 is 14.3 Å². The predicted molar refractivity (Wildman–Crippen MR) is 82.9 cm³/mol. The summed E-state index contributed by atoms with van der Waals surface area (Å²) in [4.78, 5) is 29.7. The van der Waals surface area contributed by atoms with E-state index in [9.17, 15) is 9.59 Å². The molecule has 0 aliphatic carbocycles. The van der Waals surface area contributed by atoms with Crippen LogP contribution in [0.2, 0.25) is 5.15 Å². The van der Waals surface area contributed by atoms with Crippen molar-refractivity contribution in [2.75, 3.05) is 13.1 Å². The minimum Gasteiger partial charge on any atom is -0.444 e. The van der Waals surface area contributed by atoms with Crippen LogP contribution in [-0.2, 0) is 4.74 Å².